The second-order valence-corrected chi connectivity index (χ2v) is 0.865. The van der Waals surface area contributed by atoms with Gasteiger partial charge in [0.25, 0.3) is 5.23 Å². The molecule has 0 aromatic carbocycles. The van der Waals surface area contributed by atoms with Gasteiger partial charge in [0, 0.05) is 5.59 Å². The van der Waals surface area contributed by atoms with Gasteiger partial charge in [0.1, 0.15) is 0 Å². The predicted molar refractivity (Wildman–Crippen MR) is 20.8 cm³/mol. The lowest BCUT2D eigenvalue weighted by Gasteiger charge is -1.96. The van der Waals surface area contributed by atoms with Gasteiger partial charge in [-0.1, -0.05) is 0 Å². The molecule has 0 spiro atoms. The Morgan fingerprint density at radius 3 is 1.67 bits per heavy atom. The summed E-state index contributed by atoms with van der Waals surface area (Å²) < 4.78 is 0. The van der Waals surface area contributed by atoms with Gasteiger partial charge in [0.05, 0.1) is 0 Å². The molecule has 9 heteroatoms. The van der Waals surface area contributed by atoms with Crippen LogP contribution in [0.5, 0.6) is 0 Å². The quantitative estimate of drug-likeness (QED) is 0.361. The monoisotopic (exact) mass is 138 g/mol. The normalized spacial score (nSPS) is 8.56. The molecule has 0 aliphatic rings. The van der Waals surface area contributed by atoms with E-state index in [0.29, 0.717) is 0 Å². The molecule has 0 heterocycles. The highest BCUT2D eigenvalue weighted by Crippen LogP contribution is 1.78. The molecule has 52 valence electrons. The van der Waals surface area contributed by atoms with Gasteiger partial charge in [-0.2, -0.15) is 0 Å². The summed E-state index contributed by atoms with van der Waals surface area (Å²) in [7, 11) is 0. The van der Waals surface area contributed by atoms with Crippen LogP contribution in [0.2, 0.25) is 0 Å². The Morgan fingerprint density at radius 2 is 1.67 bits per heavy atom. The van der Waals surface area contributed by atoms with Crippen LogP contribution in [-0.2, 0) is 0 Å². The van der Waals surface area contributed by atoms with Crippen molar-refractivity contribution in [2.45, 2.75) is 0 Å². The van der Waals surface area contributed by atoms with Crippen LogP contribution in [-0.4, -0.2) is 20.5 Å². The maximum atomic E-state index is 9.44. The van der Waals surface area contributed by atoms with Gasteiger partial charge in [0.15, 0.2) is 0 Å². The van der Waals surface area contributed by atoms with E-state index in [-0.39, 0.29) is 0 Å². The molecule has 0 unspecified atom stereocenters. The minimum Gasteiger partial charge on any atom is -0.288 e. The maximum absolute atomic E-state index is 9.44. The van der Waals surface area contributed by atoms with Crippen molar-refractivity contribution in [2.75, 3.05) is 0 Å². The minimum absolute atomic E-state index is 0.736. The number of hydrogen-bond donors (Lipinski definition) is 2. The molecule has 0 radical (unpaired) electrons. The average Bonchev–Trinajstić information content (AvgIpc) is 1.64. The smallest absolute Gasteiger partial charge is 0.278 e. The Morgan fingerprint density at radius 1 is 1.33 bits per heavy atom. The fraction of sp³-hybridized carbons (Fsp3) is 0. The summed E-state index contributed by atoms with van der Waals surface area (Å²) in [5.74, 6) is 0. The predicted octanol–water partition coefficient (Wildman–Crippen LogP) is -1.43. The van der Waals surface area contributed by atoms with Crippen LogP contribution in [0.25, 0.3) is 0 Å². The van der Waals surface area contributed by atoms with Crippen molar-refractivity contribution in [3.05, 3.63) is 20.2 Å². The number of hydrogen-bond acceptors (Lipinski definition) is 6. The summed E-state index contributed by atoms with van der Waals surface area (Å²) >= 11 is 0. The van der Waals surface area contributed by atoms with E-state index < -0.39 is 15.3 Å². The molecule has 0 rings (SSSR count). The lowest BCUT2D eigenvalue weighted by atomic mass is 12.1. The third kappa shape index (κ3) is 1.84. The Hall–Kier alpha value is -1.48. The van der Waals surface area contributed by atoms with E-state index in [2.05, 4.69) is 0 Å². The van der Waals surface area contributed by atoms with Crippen molar-refractivity contribution in [3.8, 4) is 0 Å². The van der Waals surface area contributed by atoms with E-state index in [1.54, 1.807) is 0 Å². The van der Waals surface area contributed by atoms with E-state index in [1.165, 1.54) is 0 Å². The highest BCUT2D eigenvalue weighted by Gasteiger charge is 2.25. The zero-order valence-electron chi connectivity index (χ0n) is 3.92. The molecule has 2 N–H and O–H groups in total. The molecular formula is H2N4O5. The van der Waals surface area contributed by atoms with Crippen LogP contribution < -0.4 is 5.59 Å². The standard InChI is InChI=1S/H2N4O5/c5-1-2(3(6)7)4(8)9/h1,5H. The van der Waals surface area contributed by atoms with E-state index in [0.717, 1.165) is 5.59 Å². The molecule has 0 aliphatic carbocycles. The Labute approximate surface area is 47.6 Å². The molecule has 0 atom stereocenters. The third-order valence-corrected chi connectivity index (χ3v) is 0.399. The van der Waals surface area contributed by atoms with Crippen molar-refractivity contribution in [3.63, 3.8) is 0 Å². The summed E-state index contributed by atoms with van der Waals surface area (Å²) in [5, 5.41) is 22.9. The van der Waals surface area contributed by atoms with Gasteiger partial charge < -0.3 is 0 Å². The van der Waals surface area contributed by atoms with Crippen LogP contribution in [0.1, 0.15) is 0 Å². The molecule has 0 fully saturated rings. The number of rotatable bonds is 3. The van der Waals surface area contributed by atoms with Gasteiger partial charge in [-0.15, -0.1) is 0 Å². The molecule has 0 saturated heterocycles. The number of nitrogens with one attached hydrogen (secondary N) is 1. The molecule has 0 amide bonds. The molecule has 0 aromatic heterocycles. The Bertz CT molecular complexity index is 115. The van der Waals surface area contributed by atoms with Crippen LogP contribution >= 0.6 is 0 Å². The Balaban J connectivity index is 3.99. The van der Waals surface area contributed by atoms with E-state index in [9.17, 15) is 20.2 Å². The minimum atomic E-state index is -1.43. The second-order valence-electron chi connectivity index (χ2n) is 0.865. The fourth-order valence-corrected chi connectivity index (χ4v) is 0.133. The fourth-order valence-electron chi connectivity index (χ4n) is 0.133. The SMILES string of the molecule is O=[N+]([O-])N(NO)[N+](=O)[O-]. The van der Waals surface area contributed by atoms with Crippen molar-refractivity contribution < 1.29 is 15.3 Å². The number of nitro groups is 2. The first-order valence-corrected chi connectivity index (χ1v) is 1.58. The van der Waals surface area contributed by atoms with Gasteiger partial charge in [-0.25, -0.2) is 20.2 Å². The lowest BCUT2D eigenvalue weighted by Crippen LogP contribution is -2.44. The first-order chi connectivity index (χ1) is 4.09. The summed E-state index contributed by atoms with van der Waals surface area (Å²) in [6.07, 6.45) is 0. The van der Waals surface area contributed by atoms with Crippen LogP contribution in [0, 0.1) is 20.2 Å². The van der Waals surface area contributed by atoms with Gasteiger partial charge in [0.2, 0.25) is 10.1 Å². The van der Waals surface area contributed by atoms with Crippen molar-refractivity contribution in [1.29, 1.82) is 0 Å². The molecule has 9 heavy (non-hydrogen) atoms. The molecule has 9 nitrogen and oxygen atoms in total. The van der Waals surface area contributed by atoms with Crippen molar-refractivity contribution >= 4 is 0 Å². The third-order valence-electron chi connectivity index (χ3n) is 0.399. The lowest BCUT2D eigenvalue weighted by molar-refractivity contribution is -0.930. The topological polar surface area (TPSA) is 122 Å². The van der Waals surface area contributed by atoms with Crippen LogP contribution in [0.3, 0.4) is 0 Å². The van der Waals surface area contributed by atoms with Gasteiger partial charge in [-0.05, 0) is 0 Å². The van der Waals surface area contributed by atoms with Crippen molar-refractivity contribution in [2.24, 2.45) is 0 Å². The van der Waals surface area contributed by atoms with Gasteiger partial charge >= 0.3 is 0 Å². The summed E-state index contributed by atoms with van der Waals surface area (Å²) in [6.45, 7) is 0. The van der Waals surface area contributed by atoms with E-state index in [1.807, 2.05) is 0 Å². The number of nitrogens with zero attached hydrogens (tertiary/aromatic N) is 3. The number of hydrazine groups is 3. The van der Waals surface area contributed by atoms with Crippen LogP contribution in [0.15, 0.2) is 0 Å². The zero-order chi connectivity index (χ0) is 7.44. The summed E-state index contributed by atoms with van der Waals surface area (Å²) in [6, 6.07) is 0. The van der Waals surface area contributed by atoms with E-state index >= 15 is 0 Å². The van der Waals surface area contributed by atoms with E-state index in [4.69, 9.17) is 5.21 Å². The summed E-state index contributed by atoms with van der Waals surface area (Å²) in [5.41, 5.74) is 0.736. The average molecular weight is 138 g/mol. The largest absolute Gasteiger partial charge is 0.288 e. The second kappa shape index (κ2) is 2.74. The van der Waals surface area contributed by atoms with Crippen molar-refractivity contribution in [1.82, 2.24) is 10.8 Å². The summed E-state index contributed by atoms with van der Waals surface area (Å²) in [4.78, 5) is 18.9. The first-order valence-electron chi connectivity index (χ1n) is 1.58. The highest BCUT2D eigenvalue weighted by molar-refractivity contribution is 4.00. The maximum Gasteiger partial charge on any atom is 0.278 e. The zero-order valence-corrected chi connectivity index (χ0v) is 3.92. The first kappa shape index (κ1) is 7.52. The molecule has 0 aromatic rings. The van der Waals surface area contributed by atoms with Gasteiger partial charge in [-0.3, -0.25) is 5.21 Å². The Kier molecular flexibility index (Phi) is 2.29. The highest BCUT2D eigenvalue weighted by atomic mass is 16.8. The molecule has 0 bridgehead atoms. The molecular weight excluding hydrogens is 136 g/mol. The molecule has 0 aliphatic heterocycles. The van der Waals surface area contributed by atoms with Crippen LogP contribution in [0.4, 0.5) is 0 Å². The molecule has 0 saturated carbocycles.